The van der Waals surface area contributed by atoms with E-state index in [1.807, 2.05) is 0 Å². The molecule has 10 nitrogen and oxygen atoms in total. The minimum atomic E-state index is -0.902. The van der Waals surface area contributed by atoms with Gasteiger partial charge in [-0.3, -0.25) is 19.2 Å². The molecular formula is C27H34ClN5O5. The summed E-state index contributed by atoms with van der Waals surface area (Å²) in [6.45, 7) is 0.538. The minimum Gasteiger partial charge on any atom is -0.495 e. The van der Waals surface area contributed by atoms with Crippen molar-refractivity contribution < 1.29 is 23.9 Å². The van der Waals surface area contributed by atoms with Crippen molar-refractivity contribution in [3.05, 3.63) is 28.9 Å². The molecular weight excluding hydrogens is 510 g/mol. The lowest BCUT2D eigenvalue weighted by Gasteiger charge is -2.44. The number of amides is 4. The van der Waals surface area contributed by atoms with Crippen LogP contribution in [0.15, 0.2) is 18.2 Å². The van der Waals surface area contributed by atoms with Crippen LogP contribution in [0.4, 0.5) is 0 Å². The van der Waals surface area contributed by atoms with Crippen LogP contribution in [0.2, 0.25) is 5.02 Å². The van der Waals surface area contributed by atoms with Crippen LogP contribution >= 0.6 is 11.6 Å². The number of nitrogens with one attached hydrogen (secondary N) is 2. The summed E-state index contributed by atoms with van der Waals surface area (Å²) in [5, 5.41) is 3.77. The Morgan fingerprint density at radius 3 is 2.55 bits per heavy atom. The molecule has 6 N–H and O–H groups in total. The van der Waals surface area contributed by atoms with Crippen molar-refractivity contribution in [3.8, 4) is 5.75 Å². The molecule has 38 heavy (non-hydrogen) atoms. The zero-order valence-electron chi connectivity index (χ0n) is 21.4. The van der Waals surface area contributed by atoms with E-state index in [1.54, 1.807) is 18.2 Å². The molecule has 11 heteroatoms. The molecule has 204 valence electrons. The molecule has 3 fully saturated rings. The summed E-state index contributed by atoms with van der Waals surface area (Å²) in [5.74, 6) is -2.48. The topological polar surface area (TPSA) is 161 Å². The first-order chi connectivity index (χ1) is 18.2. The van der Waals surface area contributed by atoms with Crippen molar-refractivity contribution in [2.45, 2.75) is 63.5 Å². The van der Waals surface area contributed by atoms with Gasteiger partial charge in [0, 0.05) is 23.4 Å². The summed E-state index contributed by atoms with van der Waals surface area (Å²) in [4.78, 5) is 57.2. The van der Waals surface area contributed by atoms with Crippen molar-refractivity contribution >= 4 is 46.1 Å². The minimum absolute atomic E-state index is 0.115. The van der Waals surface area contributed by atoms with Crippen LogP contribution in [0.3, 0.4) is 0 Å². The number of benzene rings is 1. The Morgan fingerprint density at radius 2 is 1.95 bits per heavy atom. The van der Waals surface area contributed by atoms with E-state index in [4.69, 9.17) is 27.8 Å². The van der Waals surface area contributed by atoms with Crippen LogP contribution in [0.1, 0.15) is 61.9 Å². The molecule has 1 aromatic heterocycles. The SMILES string of the molecule is COc1ccc2[nH]c(C(=O)N3C(C(N)=O)CC4(CCCCC4)C3[C@H](C[C@H]3CCNC3=O)C(N)=O)cc2c1Cl. The van der Waals surface area contributed by atoms with Gasteiger partial charge in [-0.1, -0.05) is 30.9 Å². The first-order valence-electron chi connectivity index (χ1n) is 13.2. The molecule has 0 radical (unpaired) electrons. The molecule has 2 saturated heterocycles. The highest BCUT2D eigenvalue weighted by atomic mass is 35.5. The Kier molecular flexibility index (Phi) is 7.02. The number of halogens is 1. The van der Waals surface area contributed by atoms with Gasteiger partial charge in [0.1, 0.15) is 17.5 Å². The fraction of sp³-hybridized carbons (Fsp3) is 0.556. The largest absolute Gasteiger partial charge is 0.495 e. The number of H-pyrrole nitrogens is 1. The summed E-state index contributed by atoms with van der Waals surface area (Å²) in [6.07, 6.45) is 5.56. The highest BCUT2D eigenvalue weighted by Crippen LogP contribution is 2.54. The number of rotatable bonds is 7. The lowest BCUT2D eigenvalue weighted by atomic mass is 9.64. The van der Waals surface area contributed by atoms with Gasteiger partial charge in [0.2, 0.25) is 17.7 Å². The number of ether oxygens (including phenoxy) is 1. The number of hydrogen-bond donors (Lipinski definition) is 4. The second-order valence-corrected chi connectivity index (χ2v) is 11.3. The number of carbonyl (C=O) groups excluding carboxylic acids is 4. The Morgan fingerprint density at radius 1 is 1.21 bits per heavy atom. The maximum absolute atomic E-state index is 14.2. The fourth-order valence-corrected chi connectivity index (χ4v) is 7.41. The van der Waals surface area contributed by atoms with Gasteiger partial charge in [0.15, 0.2) is 0 Å². The van der Waals surface area contributed by atoms with Crippen LogP contribution in [0, 0.1) is 17.3 Å². The lowest BCUT2D eigenvalue weighted by molar-refractivity contribution is -0.129. The Labute approximate surface area is 225 Å². The van der Waals surface area contributed by atoms with E-state index in [-0.39, 0.29) is 23.9 Å². The molecule has 1 saturated carbocycles. The number of aromatic amines is 1. The molecule has 1 aromatic carbocycles. The molecule has 2 unspecified atom stereocenters. The van der Waals surface area contributed by atoms with Gasteiger partial charge in [-0.25, -0.2) is 0 Å². The zero-order chi connectivity index (χ0) is 27.2. The Hall–Kier alpha value is -3.27. The van der Waals surface area contributed by atoms with E-state index < -0.39 is 41.1 Å². The van der Waals surface area contributed by atoms with Gasteiger partial charge in [-0.2, -0.15) is 0 Å². The van der Waals surface area contributed by atoms with Gasteiger partial charge >= 0.3 is 0 Å². The quantitative estimate of drug-likeness (QED) is 0.421. The molecule has 2 aliphatic heterocycles. The first kappa shape index (κ1) is 26.3. The standard InChI is InChI=1S/C27H34ClN5O5/c1-38-20-6-5-17-15(21(20)28)12-18(32-17)26(37)33-19(24(30)35)13-27(8-3-2-4-9-27)22(33)16(23(29)34)11-14-7-10-31-25(14)36/h5-6,12,14,16,19,22,32H,2-4,7-11,13H2,1H3,(H2,29,34)(H2,30,35)(H,31,36)/t14-,16+,19?,22?/m1/s1. The number of methoxy groups -OCH3 is 1. The van der Waals surface area contributed by atoms with Gasteiger partial charge in [0.05, 0.1) is 24.1 Å². The average Bonchev–Trinajstić information content (AvgIpc) is 3.59. The van der Waals surface area contributed by atoms with E-state index in [2.05, 4.69) is 10.3 Å². The van der Waals surface area contributed by atoms with E-state index in [0.29, 0.717) is 41.1 Å². The maximum Gasteiger partial charge on any atom is 0.271 e. The molecule has 2 aromatic rings. The monoisotopic (exact) mass is 543 g/mol. The highest BCUT2D eigenvalue weighted by Gasteiger charge is 2.59. The fourth-order valence-electron chi connectivity index (χ4n) is 7.11. The second kappa shape index (κ2) is 10.1. The number of aromatic nitrogens is 1. The third kappa shape index (κ3) is 4.38. The molecule has 1 aliphatic carbocycles. The van der Waals surface area contributed by atoms with Crippen LogP contribution in [-0.2, 0) is 14.4 Å². The van der Waals surface area contributed by atoms with E-state index in [1.165, 1.54) is 12.0 Å². The predicted molar refractivity (Wildman–Crippen MR) is 141 cm³/mol. The molecule has 0 bridgehead atoms. The lowest BCUT2D eigenvalue weighted by Crippen LogP contribution is -2.55. The number of hydrogen-bond acceptors (Lipinski definition) is 5. The number of carbonyl (C=O) groups is 4. The molecule has 3 aliphatic rings. The number of fused-ring (bicyclic) bond motifs is 1. The van der Waals surface area contributed by atoms with Crippen LogP contribution in [0.5, 0.6) is 5.75 Å². The number of nitrogens with two attached hydrogens (primary N) is 2. The molecule has 4 amide bonds. The molecule has 5 rings (SSSR count). The smallest absolute Gasteiger partial charge is 0.271 e. The number of nitrogens with zero attached hydrogens (tertiary/aromatic N) is 1. The van der Waals surface area contributed by atoms with E-state index in [0.717, 1.165) is 32.1 Å². The zero-order valence-corrected chi connectivity index (χ0v) is 22.2. The third-order valence-electron chi connectivity index (χ3n) is 8.88. The molecule has 4 atom stereocenters. The van der Waals surface area contributed by atoms with Crippen molar-refractivity contribution in [2.75, 3.05) is 13.7 Å². The van der Waals surface area contributed by atoms with Crippen LogP contribution in [-0.4, -0.2) is 59.3 Å². The normalized spacial score (nSPS) is 25.5. The molecule has 1 spiro atoms. The Balaban J connectivity index is 1.61. The maximum atomic E-state index is 14.2. The van der Waals surface area contributed by atoms with Crippen LogP contribution in [0.25, 0.3) is 10.9 Å². The number of likely N-dealkylation sites (tertiary alicyclic amines) is 1. The third-order valence-corrected chi connectivity index (χ3v) is 9.27. The second-order valence-electron chi connectivity index (χ2n) is 10.9. The first-order valence-corrected chi connectivity index (χ1v) is 13.6. The van der Waals surface area contributed by atoms with Crippen LogP contribution < -0.4 is 21.5 Å². The summed E-state index contributed by atoms with van der Waals surface area (Å²) in [7, 11) is 1.51. The summed E-state index contributed by atoms with van der Waals surface area (Å²) >= 11 is 6.50. The van der Waals surface area contributed by atoms with Crippen molar-refractivity contribution in [2.24, 2.45) is 28.7 Å². The predicted octanol–water partition coefficient (Wildman–Crippen LogP) is 2.48. The van der Waals surface area contributed by atoms with Gasteiger partial charge in [0.25, 0.3) is 5.91 Å². The van der Waals surface area contributed by atoms with Gasteiger partial charge in [-0.15, -0.1) is 0 Å². The molecule has 3 heterocycles. The van der Waals surface area contributed by atoms with Crippen molar-refractivity contribution in [3.63, 3.8) is 0 Å². The van der Waals surface area contributed by atoms with E-state index >= 15 is 0 Å². The van der Waals surface area contributed by atoms with Gasteiger partial charge in [-0.05, 0) is 55.7 Å². The Bertz CT molecular complexity index is 1290. The summed E-state index contributed by atoms with van der Waals surface area (Å²) in [5.41, 5.74) is 12.3. The summed E-state index contributed by atoms with van der Waals surface area (Å²) in [6, 6.07) is 3.54. The number of primary amides is 2. The van der Waals surface area contributed by atoms with Gasteiger partial charge < -0.3 is 31.4 Å². The van der Waals surface area contributed by atoms with E-state index in [9.17, 15) is 19.2 Å². The summed E-state index contributed by atoms with van der Waals surface area (Å²) < 4.78 is 5.31. The van der Waals surface area contributed by atoms with Crippen molar-refractivity contribution in [1.29, 1.82) is 0 Å². The highest BCUT2D eigenvalue weighted by molar-refractivity contribution is 6.37. The van der Waals surface area contributed by atoms with Crippen molar-refractivity contribution in [1.82, 2.24) is 15.2 Å². The average molecular weight is 544 g/mol.